The number of hydrogen-bond acceptors (Lipinski definition) is 6. The third-order valence-electron chi connectivity index (χ3n) is 4.14. The van der Waals surface area contributed by atoms with E-state index in [9.17, 15) is 13.2 Å². The zero-order valence-electron chi connectivity index (χ0n) is 16.6. The van der Waals surface area contributed by atoms with Crippen LogP contribution in [0.4, 0.5) is 11.6 Å². The highest BCUT2D eigenvalue weighted by atomic mass is 32.2. The Balaban J connectivity index is 1.60. The van der Waals surface area contributed by atoms with Crippen molar-refractivity contribution in [2.75, 3.05) is 16.6 Å². The number of anilines is 2. The quantitative estimate of drug-likeness (QED) is 0.571. The molecular formula is C21H22N4O4S. The lowest BCUT2D eigenvalue weighted by Gasteiger charge is -2.14. The average Bonchev–Trinajstić information content (AvgIpc) is 2.73. The molecule has 1 heterocycles. The maximum Gasteiger partial charge on any atom is 0.264 e. The largest absolute Gasteiger partial charge is 0.483 e. The van der Waals surface area contributed by atoms with Crippen molar-refractivity contribution < 1.29 is 17.9 Å². The number of para-hydroxylation sites is 1. The van der Waals surface area contributed by atoms with Gasteiger partial charge in [0.1, 0.15) is 5.75 Å². The molecule has 0 spiro atoms. The Bertz CT molecular complexity index is 1100. The van der Waals surface area contributed by atoms with E-state index in [0.29, 0.717) is 11.4 Å². The number of amides is 1. The van der Waals surface area contributed by atoms with Crippen LogP contribution in [-0.4, -0.2) is 30.9 Å². The van der Waals surface area contributed by atoms with E-state index in [0.717, 1.165) is 5.56 Å². The number of aromatic nitrogens is 2. The lowest BCUT2D eigenvalue weighted by Crippen LogP contribution is -2.20. The van der Waals surface area contributed by atoms with Crippen molar-refractivity contribution >= 4 is 27.6 Å². The molecule has 0 unspecified atom stereocenters. The van der Waals surface area contributed by atoms with E-state index < -0.39 is 10.0 Å². The van der Waals surface area contributed by atoms with Crippen LogP contribution in [0.25, 0.3) is 0 Å². The van der Waals surface area contributed by atoms with Crippen molar-refractivity contribution in [1.82, 2.24) is 9.97 Å². The van der Waals surface area contributed by atoms with Crippen LogP contribution < -0.4 is 14.8 Å². The zero-order valence-corrected chi connectivity index (χ0v) is 17.4. The van der Waals surface area contributed by atoms with E-state index in [-0.39, 0.29) is 29.3 Å². The molecule has 156 valence electrons. The number of nitrogens with zero attached hydrogens (tertiary/aromatic N) is 2. The predicted molar refractivity (Wildman–Crippen MR) is 114 cm³/mol. The molecule has 0 aliphatic heterocycles. The van der Waals surface area contributed by atoms with Crippen molar-refractivity contribution in [3.05, 3.63) is 72.6 Å². The summed E-state index contributed by atoms with van der Waals surface area (Å²) in [5, 5.41) is 2.69. The SMILES string of the molecule is CC(C)c1ccccc1OCC(=O)Nc1ccc(S(=O)(=O)Nc2ncccn2)cc1. The summed E-state index contributed by atoms with van der Waals surface area (Å²) in [5.74, 6) is 0.570. The Labute approximate surface area is 175 Å². The van der Waals surface area contributed by atoms with Gasteiger partial charge in [-0.15, -0.1) is 0 Å². The van der Waals surface area contributed by atoms with E-state index in [1.54, 1.807) is 6.07 Å². The minimum atomic E-state index is -3.83. The Morgan fingerprint density at radius 3 is 2.33 bits per heavy atom. The van der Waals surface area contributed by atoms with Crippen LogP contribution in [-0.2, 0) is 14.8 Å². The lowest BCUT2D eigenvalue weighted by molar-refractivity contribution is -0.118. The van der Waals surface area contributed by atoms with Gasteiger partial charge in [-0.1, -0.05) is 32.0 Å². The normalized spacial score (nSPS) is 11.2. The first kappa shape index (κ1) is 21.3. The molecule has 2 aromatic carbocycles. The molecule has 0 saturated carbocycles. The number of benzene rings is 2. The second-order valence-corrected chi connectivity index (χ2v) is 8.41. The molecule has 9 heteroatoms. The Morgan fingerprint density at radius 2 is 1.67 bits per heavy atom. The summed E-state index contributed by atoms with van der Waals surface area (Å²) < 4.78 is 32.7. The molecule has 0 aliphatic rings. The van der Waals surface area contributed by atoms with E-state index in [1.807, 2.05) is 24.3 Å². The minimum Gasteiger partial charge on any atom is -0.483 e. The Kier molecular flexibility index (Phi) is 6.63. The molecular weight excluding hydrogens is 404 g/mol. The zero-order chi connectivity index (χ0) is 21.6. The molecule has 3 aromatic rings. The topological polar surface area (TPSA) is 110 Å². The van der Waals surface area contributed by atoms with Crippen LogP contribution >= 0.6 is 0 Å². The molecule has 0 atom stereocenters. The van der Waals surface area contributed by atoms with Crippen molar-refractivity contribution in [3.63, 3.8) is 0 Å². The average molecular weight is 426 g/mol. The number of carbonyl (C=O) groups is 1. The summed E-state index contributed by atoms with van der Waals surface area (Å²) in [6.07, 6.45) is 2.87. The summed E-state index contributed by atoms with van der Waals surface area (Å²) in [7, 11) is -3.83. The van der Waals surface area contributed by atoms with Gasteiger partial charge in [0.2, 0.25) is 5.95 Å². The van der Waals surface area contributed by atoms with Crippen molar-refractivity contribution in [2.24, 2.45) is 0 Å². The van der Waals surface area contributed by atoms with Crippen LogP contribution in [0.3, 0.4) is 0 Å². The standard InChI is InChI=1S/C21H22N4O4S/c1-15(2)18-6-3-4-7-19(18)29-14-20(26)24-16-8-10-17(11-9-16)30(27,28)25-21-22-12-5-13-23-21/h3-13,15H,14H2,1-2H3,(H,24,26)(H,22,23,25). The van der Waals surface area contributed by atoms with Gasteiger partial charge in [0.15, 0.2) is 6.61 Å². The first-order chi connectivity index (χ1) is 14.3. The van der Waals surface area contributed by atoms with Crippen molar-refractivity contribution in [2.45, 2.75) is 24.7 Å². The second-order valence-electron chi connectivity index (χ2n) is 6.73. The minimum absolute atomic E-state index is 0.0197. The Hall–Kier alpha value is -3.46. The van der Waals surface area contributed by atoms with Gasteiger partial charge < -0.3 is 10.1 Å². The van der Waals surface area contributed by atoms with E-state index in [4.69, 9.17) is 4.74 Å². The fourth-order valence-corrected chi connectivity index (χ4v) is 3.64. The molecule has 0 bridgehead atoms. The van der Waals surface area contributed by atoms with Gasteiger partial charge in [-0.2, -0.15) is 0 Å². The van der Waals surface area contributed by atoms with E-state index in [1.165, 1.54) is 36.7 Å². The van der Waals surface area contributed by atoms with Crippen LogP contribution in [0.15, 0.2) is 71.9 Å². The van der Waals surface area contributed by atoms with Crippen LogP contribution in [0.2, 0.25) is 0 Å². The molecule has 8 nitrogen and oxygen atoms in total. The molecule has 0 fully saturated rings. The lowest BCUT2D eigenvalue weighted by atomic mass is 10.0. The number of hydrogen-bond donors (Lipinski definition) is 2. The highest BCUT2D eigenvalue weighted by Gasteiger charge is 2.16. The molecule has 2 N–H and O–H groups in total. The van der Waals surface area contributed by atoms with E-state index >= 15 is 0 Å². The van der Waals surface area contributed by atoms with Gasteiger partial charge in [0.25, 0.3) is 15.9 Å². The van der Waals surface area contributed by atoms with E-state index in [2.05, 4.69) is 33.9 Å². The second kappa shape index (κ2) is 9.36. The summed E-state index contributed by atoms with van der Waals surface area (Å²) >= 11 is 0. The van der Waals surface area contributed by atoms with Crippen molar-refractivity contribution in [3.8, 4) is 5.75 Å². The monoisotopic (exact) mass is 426 g/mol. The molecule has 0 radical (unpaired) electrons. The highest BCUT2D eigenvalue weighted by Crippen LogP contribution is 2.25. The maximum absolute atomic E-state index is 12.4. The fourth-order valence-electron chi connectivity index (χ4n) is 2.68. The fraction of sp³-hybridized carbons (Fsp3) is 0.190. The summed E-state index contributed by atoms with van der Waals surface area (Å²) in [5.41, 5.74) is 1.48. The molecule has 3 rings (SSSR count). The molecule has 30 heavy (non-hydrogen) atoms. The predicted octanol–water partition coefficient (Wildman–Crippen LogP) is 3.42. The summed E-state index contributed by atoms with van der Waals surface area (Å²) in [6.45, 7) is 3.95. The Morgan fingerprint density at radius 1 is 1.00 bits per heavy atom. The first-order valence-corrected chi connectivity index (χ1v) is 10.7. The van der Waals surface area contributed by atoms with Gasteiger partial charge in [-0.05, 0) is 47.9 Å². The number of nitrogens with one attached hydrogen (secondary N) is 2. The molecule has 1 aromatic heterocycles. The smallest absolute Gasteiger partial charge is 0.264 e. The summed E-state index contributed by atoms with van der Waals surface area (Å²) in [6, 6.07) is 14.9. The molecule has 1 amide bonds. The number of carbonyl (C=O) groups excluding carboxylic acids is 1. The van der Waals surface area contributed by atoms with Crippen LogP contribution in [0.5, 0.6) is 5.75 Å². The van der Waals surface area contributed by atoms with Crippen molar-refractivity contribution in [1.29, 1.82) is 0 Å². The number of sulfonamides is 1. The third-order valence-corrected chi connectivity index (χ3v) is 5.48. The van der Waals surface area contributed by atoms with Gasteiger partial charge in [-0.25, -0.2) is 23.1 Å². The van der Waals surface area contributed by atoms with Gasteiger partial charge in [0, 0.05) is 18.1 Å². The number of ether oxygens (including phenoxy) is 1. The number of rotatable bonds is 8. The molecule has 0 saturated heterocycles. The van der Waals surface area contributed by atoms with Gasteiger partial charge >= 0.3 is 0 Å². The first-order valence-electron chi connectivity index (χ1n) is 9.26. The van der Waals surface area contributed by atoms with Gasteiger partial charge in [-0.3, -0.25) is 4.79 Å². The maximum atomic E-state index is 12.4. The van der Waals surface area contributed by atoms with Crippen LogP contribution in [0.1, 0.15) is 25.3 Å². The van der Waals surface area contributed by atoms with Crippen LogP contribution in [0, 0.1) is 0 Å². The summed E-state index contributed by atoms with van der Waals surface area (Å²) in [4.78, 5) is 19.9. The third kappa shape index (κ3) is 5.54. The highest BCUT2D eigenvalue weighted by molar-refractivity contribution is 7.92. The molecule has 0 aliphatic carbocycles. The van der Waals surface area contributed by atoms with Gasteiger partial charge in [0.05, 0.1) is 4.90 Å².